The summed E-state index contributed by atoms with van der Waals surface area (Å²) in [6, 6.07) is -1.40. The smallest absolute Gasteiger partial charge is 0.390 e. The molecule has 0 amide bonds. The number of phosphoric ester groups is 1. The molecule has 0 aromatic carbocycles. The lowest BCUT2D eigenvalue weighted by molar-refractivity contribution is -0.0456. The maximum absolute atomic E-state index is 12.0. The first-order valence-corrected chi connectivity index (χ1v) is 11.1. The highest BCUT2D eigenvalue weighted by Gasteiger charge is 2.46. The summed E-state index contributed by atoms with van der Waals surface area (Å²) in [6.07, 6.45) is -3.45. The van der Waals surface area contributed by atoms with Crippen LogP contribution >= 0.6 is 38.2 Å². The summed E-state index contributed by atoms with van der Waals surface area (Å²) >= 11 is 1.62. The number of phosphoric acid groups is 2. The molecular weight excluding hydrogens is 543 g/mol. The van der Waals surface area contributed by atoms with Crippen LogP contribution in [0.15, 0.2) is 20.9 Å². The van der Waals surface area contributed by atoms with Crippen molar-refractivity contribution in [3.8, 4) is 0 Å². The molecule has 1 saturated heterocycles. The molecule has 2 heterocycles. The minimum atomic E-state index is -5.35. The number of nitrogens with one attached hydrogen (secondary N) is 1. The van der Waals surface area contributed by atoms with Gasteiger partial charge >= 0.3 is 21.3 Å². The molecule has 1 unspecified atom stereocenters. The van der Waals surface area contributed by atoms with Crippen LogP contribution in [0, 0.1) is 3.57 Å². The van der Waals surface area contributed by atoms with E-state index in [1.54, 1.807) is 22.6 Å². The number of hydrogen-bond donors (Lipinski definition) is 5. The zero-order valence-corrected chi connectivity index (χ0v) is 17.2. The Hall–Kier alpha value is -1.10. The first-order chi connectivity index (χ1) is 12.8. The van der Waals surface area contributed by atoms with Crippen LogP contribution in [0.1, 0.15) is 6.23 Å². The summed E-state index contributed by atoms with van der Waals surface area (Å²) in [5.41, 5.74) is 7.04. The number of H-pyrrole nitrogens is 1. The van der Waals surface area contributed by atoms with Crippen molar-refractivity contribution in [3.63, 3.8) is 0 Å². The van der Waals surface area contributed by atoms with Crippen LogP contribution in [-0.2, 0) is 22.7 Å². The van der Waals surface area contributed by atoms with Crippen molar-refractivity contribution >= 4 is 38.2 Å². The molecule has 1 fully saturated rings. The minimum absolute atomic E-state index is 0.0737. The Morgan fingerprint density at radius 3 is 2.61 bits per heavy atom. The molecule has 0 bridgehead atoms. The molecule has 1 aliphatic rings. The second-order valence-electron chi connectivity index (χ2n) is 5.23. The van der Waals surface area contributed by atoms with E-state index in [2.05, 4.69) is 18.9 Å². The average Bonchev–Trinajstić information content (AvgIpc) is 2.84. The van der Waals surface area contributed by atoms with Gasteiger partial charge in [0.05, 0.1) is 16.3 Å². The monoisotopic (exact) mass is 555 g/mol. The topological polar surface area (TPSA) is 246 Å². The van der Waals surface area contributed by atoms with Gasteiger partial charge in [0.15, 0.2) is 0 Å². The van der Waals surface area contributed by atoms with Gasteiger partial charge in [-0.3, -0.25) is 18.9 Å². The molecule has 1 aromatic rings. The zero-order valence-electron chi connectivity index (χ0n) is 13.3. The lowest BCUT2D eigenvalue weighted by Gasteiger charge is -2.18. The van der Waals surface area contributed by atoms with Crippen molar-refractivity contribution in [2.45, 2.75) is 24.5 Å². The molecule has 16 nitrogen and oxygen atoms in total. The predicted octanol–water partition coefficient (Wildman–Crippen LogP) is -0.695. The van der Waals surface area contributed by atoms with Crippen molar-refractivity contribution in [3.05, 3.63) is 41.0 Å². The van der Waals surface area contributed by atoms with Crippen molar-refractivity contribution in [1.29, 1.82) is 0 Å². The molecule has 0 spiro atoms. The Labute approximate surface area is 167 Å². The standard InChI is InChI=1S/C9H12IN5O11P2/c10-3-1-15(9(18)12-7(3)17)8-5(13-14-11)6(16)4(25-8)2-24-28(22,23)26-27(19,20)21/h1,4-6,8,16H,2H2,(H,22,23)(H,12,17,18)(H2,19,20,21)/t4-,5-,6-,8-/m1/s1. The highest BCUT2D eigenvalue weighted by molar-refractivity contribution is 14.1. The number of halogens is 1. The van der Waals surface area contributed by atoms with Gasteiger partial charge < -0.3 is 24.5 Å². The van der Waals surface area contributed by atoms with Crippen LogP contribution in [0.5, 0.6) is 0 Å². The fourth-order valence-electron chi connectivity index (χ4n) is 2.26. The second-order valence-corrected chi connectivity index (χ2v) is 9.22. The van der Waals surface area contributed by atoms with Crippen molar-refractivity contribution < 1.29 is 42.5 Å². The van der Waals surface area contributed by atoms with E-state index < -0.39 is 58.0 Å². The quantitative estimate of drug-likeness (QED) is 0.0926. The third-order valence-electron chi connectivity index (χ3n) is 3.33. The van der Waals surface area contributed by atoms with Crippen molar-refractivity contribution in [2.75, 3.05) is 6.61 Å². The van der Waals surface area contributed by atoms with Crippen LogP contribution in [0.4, 0.5) is 0 Å². The second kappa shape index (κ2) is 8.73. The molecule has 1 aromatic heterocycles. The number of aliphatic hydroxyl groups is 1. The van der Waals surface area contributed by atoms with Gasteiger partial charge in [-0.1, -0.05) is 5.11 Å². The summed E-state index contributed by atoms with van der Waals surface area (Å²) in [6.45, 7) is -0.919. The average molecular weight is 555 g/mol. The third-order valence-corrected chi connectivity index (χ3v) is 6.25. The molecule has 0 aliphatic carbocycles. The van der Waals surface area contributed by atoms with Gasteiger partial charge in [-0.15, -0.1) is 0 Å². The normalized spacial score (nSPS) is 27.2. The van der Waals surface area contributed by atoms with E-state index in [0.29, 0.717) is 0 Å². The summed E-state index contributed by atoms with van der Waals surface area (Å²) in [4.78, 5) is 54.3. The molecule has 1 aliphatic heterocycles. The highest BCUT2D eigenvalue weighted by atomic mass is 127. The summed E-state index contributed by atoms with van der Waals surface area (Å²) < 4.78 is 36.3. The SMILES string of the molecule is [N-]=[N+]=N[C@@H]1[C@H](O)[C@@H](COP(=O)(O)OP(=O)(O)O)O[C@H]1n1cc(I)c(=O)[nH]c1=O. The first-order valence-electron chi connectivity index (χ1n) is 6.97. The molecule has 2 rings (SSSR count). The van der Waals surface area contributed by atoms with Gasteiger partial charge in [0, 0.05) is 11.1 Å². The molecular formula is C9H12IN5O11P2. The maximum atomic E-state index is 12.0. The Morgan fingerprint density at radius 1 is 1.39 bits per heavy atom. The van der Waals surface area contributed by atoms with E-state index in [1.165, 1.54) is 0 Å². The van der Waals surface area contributed by atoms with Crippen LogP contribution in [0.25, 0.3) is 10.4 Å². The van der Waals surface area contributed by atoms with Gasteiger partial charge in [0.25, 0.3) is 5.56 Å². The van der Waals surface area contributed by atoms with Gasteiger partial charge in [-0.05, 0) is 28.1 Å². The van der Waals surface area contributed by atoms with E-state index >= 15 is 0 Å². The Balaban J connectivity index is 2.26. The van der Waals surface area contributed by atoms with E-state index in [4.69, 9.17) is 20.1 Å². The van der Waals surface area contributed by atoms with E-state index in [0.717, 1.165) is 10.8 Å². The molecule has 156 valence electrons. The lowest BCUT2D eigenvalue weighted by Crippen LogP contribution is -2.37. The van der Waals surface area contributed by atoms with E-state index in [-0.39, 0.29) is 3.57 Å². The predicted molar refractivity (Wildman–Crippen MR) is 95.8 cm³/mol. The molecule has 0 radical (unpaired) electrons. The molecule has 0 saturated carbocycles. The zero-order chi connectivity index (χ0) is 21.3. The maximum Gasteiger partial charge on any atom is 0.481 e. The molecule has 28 heavy (non-hydrogen) atoms. The fraction of sp³-hybridized carbons (Fsp3) is 0.556. The summed E-state index contributed by atoms with van der Waals surface area (Å²) in [5, 5.41) is 13.5. The Kier molecular flexibility index (Phi) is 7.22. The van der Waals surface area contributed by atoms with Crippen molar-refractivity contribution in [1.82, 2.24) is 9.55 Å². The number of ether oxygens (including phenoxy) is 1. The summed E-state index contributed by atoms with van der Waals surface area (Å²) in [5.74, 6) is 0. The van der Waals surface area contributed by atoms with E-state index in [9.17, 15) is 28.7 Å². The van der Waals surface area contributed by atoms with Crippen LogP contribution in [0.3, 0.4) is 0 Å². The molecule has 5 atom stereocenters. The Morgan fingerprint density at radius 2 is 2.04 bits per heavy atom. The number of aromatic nitrogens is 2. The van der Waals surface area contributed by atoms with E-state index in [1.807, 2.05) is 4.98 Å². The third kappa shape index (κ3) is 5.71. The number of aromatic amines is 1. The number of azide groups is 1. The highest BCUT2D eigenvalue weighted by Crippen LogP contribution is 2.57. The van der Waals surface area contributed by atoms with Gasteiger partial charge in [-0.2, -0.15) is 4.31 Å². The number of hydrogen-bond acceptors (Lipinski definition) is 9. The largest absolute Gasteiger partial charge is 0.481 e. The van der Waals surface area contributed by atoms with Crippen LogP contribution < -0.4 is 11.2 Å². The van der Waals surface area contributed by atoms with Crippen LogP contribution in [0.2, 0.25) is 0 Å². The number of aliphatic hydroxyl groups excluding tert-OH is 1. The van der Waals surface area contributed by atoms with Crippen molar-refractivity contribution in [2.24, 2.45) is 5.11 Å². The number of rotatable bonds is 7. The fourth-order valence-corrected chi connectivity index (χ4v) is 4.29. The minimum Gasteiger partial charge on any atom is -0.390 e. The number of nitrogens with zero attached hydrogens (tertiary/aromatic N) is 4. The Bertz CT molecular complexity index is 999. The summed E-state index contributed by atoms with van der Waals surface area (Å²) in [7, 11) is -10.6. The van der Waals surface area contributed by atoms with Gasteiger partial charge in [0.2, 0.25) is 0 Å². The molecule has 5 N–H and O–H groups in total. The lowest BCUT2D eigenvalue weighted by atomic mass is 10.1. The van der Waals surface area contributed by atoms with Gasteiger partial charge in [-0.25, -0.2) is 13.9 Å². The van der Waals surface area contributed by atoms with Gasteiger partial charge in [0.1, 0.15) is 18.4 Å². The molecule has 19 heteroatoms. The first kappa shape index (κ1) is 23.2. The van der Waals surface area contributed by atoms with Crippen LogP contribution in [-0.4, -0.2) is 54.2 Å².